The van der Waals surface area contributed by atoms with Gasteiger partial charge in [0.05, 0.1) is 29.2 Å². The van der Waals surface area contributed by atoms with Crippen LogP contribution < -0.4 is 21.3 Å². The zero-order valence-electron chi connectivity index (χ0n) is 18.2. The quantitative estimate of drug-likeness (QED) is 0.456. The van der Waals surface area contributed by atoms with Gasteiger partial charge in [-0.25, -0.2) is 14.4 Å². The maximum atomic E-state index is 14.6. The molecular formula is C23H26FN9. The molecule has 1 aromatic carbocycles. The van der Waals surface area contributed by atoms with Crippen LogP contribution in [0.5, 0.6) is 0 Å². The topological polar surface area (TPSA) is 116 Å². The van der Waals surface area contributed by atoms with Crippen LogP contribution in [-0.4, -0.2) is 52.0 Å². The summed E-state index contributed by atoms with van der Waals surface area (Å²) in [6.07, 6.45) is 10.3. The summed E-state index contributed by atoms with van der Waals surface area (Å²) in [5.41, 5.74) is 2.87. The van der Waals surface area contributed by atoms with Crippen LogP contribution in [0.2, 0.25) is 0 Å². The fourth-order valence-corrected chi connectivity index (χ4v) is 4.30. The number of hydrogen-bond acceptors (Lipinski definition) is 8. The van der Waals surface area contributed by atoms with Gasteiger partial charge in [-0.05, 0) is 51.0 Å². The lowest BCUT2D eigenvalue weighted by Crippen LogP contribution is -2.29. The van der Waals surface area contributed by atoms with Gasteiger partial charge in [0.1, 0.15) is 11.9 Å². The van der Waals surface area contributed by atoms with Crippen LogP contribution in [0.3, 0.4) is 0 Å². The molecule has 0 unspecified atom stereocenters. The molecule has 2 aliphatic rings. The predicted molar refractivity (Wildman–Crippen MR) is 124 cm³/mol. The maximum absolute atomic E-state index is 14.6. The van der Waals surface area contributed by atoms with E-state index in [1.54, 1.807) is 18.5 Å². The highest BCUT2D eigenvalue weighted by Crippen LogP contribution is 2.28. The lowest BCUT2D eigenvalue weighted by atomic mass is 10.1. The van der Waals surface area contributed by atoms with Gasteiger partial charge in [-0.1, -0.05) is 0 Å². The van der Waals surface area contributed by atoms with Gasteiger partial charge in [-0.3, -0.25) is 4.68 Å². The number of benzene rings is 1. The van der Waals surface area contributed by atoms with Gasteiger partial charge in [0.2, 0.25) is 5.95 Å². The first-order valence-electron chi connectivity index (χ1n) is 11.2. The van der Waals surface area contributed by atoms with E-state index in [-0.39, 0.29) is 23.2 Å². The molecule has 2 aliphatic heterocycles. The maximum Gasteiger partial charge on any atom is 0.227 e. The Bertz CT molecular complexity index is 1140. The van der Waals surface area contributed by atoms with Crippen molar-refractivity contribution in [3.63, 3.8) is 0 Å². The van der Waals surface area contributed by atoms with Crippen molar-refractivity contribution in [1.29, 1.82) is 5.26 Å². The Hall–Kier alpha value is -3.55. The van der Waals surface area contributed by atoms with E-state index in [1.807, 2.05) is 17.1 Å². The van der Waals surface area contributed by atoms with Crippen LogP contribution in [0.1, 0.15) is 30.9 Å². The first-order valence-corrected chi connectivity index (χ1v) is 11.2. The van der Waals surface area contributed by atoms with E-state index in [2.05, 4.69) is 42.4 Å². The molecule has 170 valence electrons. The first kappa shape index (κ1) is 21.3. The van der Waals surface area contributed by atoms with Crippen molar-refractivity contribution in [3.8, 4) is 17.2 Å². The molecule has 0 bridgehead atoms. The van der Waals surface area contributed by atoms with Crippen molar-refractivity contribution in [2.45, 2.75) is 31.3 Å². The van der Waals surface area contributed by atoms with E-state index >= 15 is 0 Å². The number of hydrogen-bond donors (Lipinski definition) is 4. The number of nitriles is 1. The van der Waals surface area contributed by atoms with E-state index in [9.17, 15) is 9.65 Å². The average molecular weight is 448 g/mol. The van der Waals surface area contributed by atoms with E-state index < -0.39 is 5.82 Å². The van der Waals surface area contributed by atoms with Gasteiger partial charge in [0.25, 0.3) is 0 Å². The lowest BCUT2D eigenvalue weighted by Gasteiger charge is -2.22. The molecule has 0 amide bonds. The van der Waals surface area contributed by atoms with Gasteiger partial charge >= 0.3 is 0 Å². The van der Waals surface area contributed by atoms with E-state index in [1.165, 1.54) is 6.07 Å². The minimum atomic E-state index is -0.530. The molecule has 33 heavy (non-hydrogen) atoms. The largest absolute Gasteiger partial charge is 0.380 e. The second-order valence-electron chi connectivity index (χ2n) is 8.43. The molecule has 4 N–H and O–H groups in total. The number of anilines is 3. The molecular weight excluding hydrogens is 421 g/mol. The Labute approximate surface area is 191 Å². The van der Waals surface area contributed by atoms with Gasteiger partial charge < -0.3 is 21.3 Å². The molecule has 2 aromatic heterocycles. The Morgan fingerprint density at radius 2 is 1.79 bits per heavy atom. The monoisotopic (exact) mass is 447 g/mol. The van der Waals surface area contributed by atoms with Gasteiger partial charge in [0, 0.05) is 42.3 Å². The van der Waals surface area contributed by atoms with E-state index in [0.29, 0.717) is 11.7 Å². The van der Waals surface area contributed by atoms with Crippen LogP contribution in [0, 0.1) is 17.1 Å². The Balaban J connectivity index is 1.31. The fourth-order valence-electron chi connectivity index (χ4n) is 4.30. The van der Waals surface area contributed by atoms with Gasteiger partial charge in [0.15, 0.2) is 0 Å². The molecule has 1 atom stereocenters. The highest BCUT2D eigenvalue weighted by atomic mass is 19.1. The smallest absolute Gasteiger partial charge is 0.227 e. The van der Waals surface area contributed by atoms with Crippen LogP contribution in [0.15, 0.2) is 36.9 Å². The summed E-state index contributed by atoms with van der Waals surface area (Å²) in [5.74, 6) is -0.251. The molecule has 10 heteroatoms. The van der Waals surface area contributed by atoms with Crippen molar-refractivity contribution in [3.05, 3.63) is 48.3 Å². The molecule has 2 fully saturated rings. The molecule has 2 saturated heterocycles. The van der Waals surface area contributed by atoms with E-state index in [4.69, 9.17) is 0 Å². The Morgan fingerprint density at radius 3 is 2.52 bits per heavy atom. The van der Waals surface area contributed by atoms with Gasteiger partial charge in [-0.2, -0.15) is 10.4 Å². The van der Waals surface area contributed by atoms with Crippen LogP contribution in [0.4, 0.5) is 21.7 Å². The third-order valence-corrected chi connectivity index (χ3v) is 6.16. The van der Waals surface area contributed by atoms with Crippen LogP contribution in [0.25, 0.3) is 11.1 Å². The summed E-state index contributed by atoms with van der Waals surface area (Å²) in [6.45, 7) is 3.74. The number of piperidine rings is 1. The number of halogens is 1. The van der Waals surface area contributed by atoms with Crippen molar-refractivity contribution in [2.24, 2.45) is 0 Å². The molecule has 4 heterocycles. The summed E-state index contributed by atoms with van der Waals surface area (Å²) >= 11 is 0. The summed E-state index contributed by atoms with van der Waals surface area (Å²) < 4.78 is 16.6. The summed E-state index contributed by atoms with van der Waals surface area (Å²) in [7, 11) is 0. The second kappa shape index (κ2) is 9.52. The summed E-state index contributed by atoms with van der Waals surface area (Å²) in [6, 6.07) is 5.51. The molecule has 0 spiro atoms. The van der Waals surface area contributed by atoms with Gasteiger partial charge in [-0.15, -0.1) is 0 Å². The number of rotatable bonds is 6. The molecule has 0 saturated carbocycles. The zero-order chi connectivity index (χ0) is 22.6. The van der Waals surface area contributed by atoms with Crippen LogP contribution >= 0.6 is 0 Å². The highest BCUT2D eigenvalue weighted by Gasteiger charge is 2.18. The second-order valence-corrected chi connectivity index (χ2v) is 8.43. The molecule has 3 aromatic rings. The third-order valence-electron chi connectivity index (χ3n) is 6.16. The third kappa shape index (κ3) is 4.79. The summed E-state index contributed by atoms with van der Waals surface area (Å²) in [4.78, 5) is 8.71. The normalized spacial score (nSPS) is 18.7. The standard InChI is InChI=1S/C23H26FN9/c24-20-7-15(9-25)21(31-18-1-4-27-13-18)8-22(20)32-23-28-10-16(11-29-23)17-12-30-33(14-17)19-2-5-26-6-3-19/h7-8,10-12,14,18-19,26-27,31H,1-6,13H2,(H,28,29,32)/t18-/m1/s1. The molecule has 0 aliphatic carbocycles. The minimum absolute atomic E-state index is 0.205. The van der Waals surface area contributed by atoms with Crippen molar-refractivity contribution in [2.75, 3.05) is 36.8 Å². The SMILES string of the molecule is N#Cc1cc(F)c(Nc2ncc(-c3cnn(C4CCNCC4)c3)cn2)cc1N[C@@H]1CCNC1. The number of aromatic nitrogens is 4. The molecule has 5 rings (SSSR count). The highest BCUT2D eigenvalue weighted by molar-refractivity contribution is 5.69. The minimum Gasteiger partial charge on any atom is -0.380 e. The lowest BCUT2D eigenvalue weighted by molar-refractivity contribution is 0.343. The number of nitrogens with zero attached hydrogens (tertiary/aromatic N) is 5. The zero-order valence-corrected chi connectivity index (χ0v) is 18.2. The molecule has 0 radical (unpaired) electrons. The number of nitrogens with one attached hydrogen (secondary N) is 4. The first-order chi connectivity index (χ1) is 16.2. The Morgan fingerprint density at radius 1 is 1.00 bits per heavy atom. The average Bonchev–Trinajstić information content (AvgIpc) is 3.55. The fraction of sp³-hybridized carbons (Fsp3) is 0.391. The molecule has 9 nitrogen and oxygen atoms in total. The summed E-state index contributed by atoms with van der Waals surface area (Å²) in [5, 5.41) is 26.8. The van der Waals surface area contributed by atoms with Crippen molar-refractivity contribution in [1.82, 2.24) is 30.4 Å². The van der Waals surface area contributed by atoms with Crippen LogP contribution in [-0.2, 0) is 0 Å². The Kier molecular flexibility index (Phi) is 6.15. The van der Waals surface area contributed by atoms with E-state index in [0.717, 1.165) is 56.6 Å². The predicted octanol–water partition coefficient (Wildman–Crippen LogP) is 2.79. The van der Waals surface area contributed by atoms with Crippen molar-refractivity contribution >= 4 is 17.3 Å². The van der Waals surface area contributed by atoms with Crippen molar-refractivity contribution < 1.29 is 4.39 Å².